The lowest BCUT2D eigenvalue weighted by molar-refractivity contribution is -0.118. The molecule has 150 valence electrons. The van der Waals surface area contributed by atoms with Crippen molar-refractivity contribution in [3.8, 4) is 11.3 Å². The Hall–Kier alpha value is -3.51. The maximum atomic E-state index is 12.6. The monoisotopic (exact) mass is 415 g/mol. The first-order valence-electron chi connectivity index (χ1n) is 9.68. The number of hydrogen-bond acceptors (Lipinski definition) is 4. The normalized spacial score (nSPS) is 10.7. The standard InChI is InChI=1S/C24H21N3O2S/c1-16(28)25-13-12-17-6-8-19(9-7-17)22-15-30-24(26-22)27-23(29)21-11-10-18-4-2-3-5-20(18)14-21/h2-11,14-15H,12-13H2,1H3,(H,25,28)(H,26,27,29). The largest absolute Gasteiger partial charge is 0.356 e. The van der Waals surface area contributed by atoms with E-state index in [0.717, 1.165) is 34.0 Å². The van der Waals surface area contributed by atoms with E-state index < -0.39 is 0 Å². The molecule has 0 aliphatic heterocycles. The number of amides is 2. The van der Waals surface area contributed by atoms with E-state index in [-0.39, 0.29) is 11.8 Å². The maximum absolute atomic E-state index is 12.6. The molecule has 2 amide bonds. The van der Waals surface area contributed by atoms with Gasteiger partial charge in [0.05, 0.1) is 5.69 Å². The molecule has 0 aliphatic rings. The summed E-state index contributed by atoms with van der Waals surface area (Å²) in [6.07, 6.45) is 0.782. The zero-order valence-corrected chi connectivity index (χ0v) is 17.3. The van der Waals surface area contributed by atoms with Crippen LogP contribution in [0, 0.1) is 0 Å². The Kier molecular flexibility index (Phi) is 5.86. The molecule has 5 nitrogen and oxygen atoms in total. The van der Waals surface area contributed by atoms with Crippen LogP contribution in [0.2, 0.25) is 0 Å². The number of anilines is 1. The Morgan fingerprint density at radius 1 is 0.967 bits per heavy atom. The van der Waals surface area contributed by atoms with Crippen molar-refractivity contribution in [2.45, 2.75) is 13.3 Å². The quantitative estimate of drug-likeness (QED) is 0.471. The van der Waals surface area contributed by atoms with Crippen molar-refractivity contribution in [3.63, 3.8) is 0 Å². The summed E-state index contributed by atoms with van der Waals surface area (Å²) in [4.78, 5) is 28.1. The van der Waals surface area contributed by atoms with Crippen LogP contribution < -0.4 is 10.6 Å². The number of nitrogens with zero attached hydrogens (tertiary/aromatic N) is 1. The molecule has 0 unspecified atom stereocenters. The molecule has 4 rings (SSSR count). The molecule has 0 spiro atoms. The van der Waals surface area contributed by atoms with Crippen molar-refractivity contribution in [2.24, 2.45) is 0 Å². The molecule has 1 aromatic heterocycles. The molecule has 0 saturated carbocycles. The van der Waals surface area contributed by atoms with Gasteiger partial charge in [-0.25, -0.2) is 4.98 Å². The number of carbonyl (C=O) groups excluding carboxylic acids is 2. The van der Waals surface area contributed by atoms with Gasteiger partial charge in [0.25, 0.3) is 5.91 Å². The minimum atomic E-state index is -0.171. The molecular weight excluding hydrogens is 394 g/mol. The second-order valence-electron chi connectivity index (χ2n) is 6.98. The van der Waals surface area contributed by atoms with E-state index in [4.69, 9.17) is 0 Å². The number of benzene rings is 3. The average molecular weight is 416 g/mol. The number of carbonyl (C=O) groups is 2. The Morgan fingerprint density at radius 3 is 2.50 bits per heavy atom. The summed E-state index contributed by atoms with van der Waals surface area (Å²) in [5, 5.41) is 10.3. The Bertz CT molecular complexity index is 1200. The van der Waals surface area contributed by atoms with Crippen molar-refractivity contribution in [3.05, 3.63) is 83.2 Å². The van der Waals surface area contributed by atoms with Crippen LogP contribution >= 0.6 is 11.3 Å². The van der Waals surface area contributed by atoms with Crippen molar-refractivity contribution in [2.75, 3.05) is 11.9 Å². The SMILES string of the molecule is CC(=O)NCCc1ccc(-c2csc(NC(=O)c3ccc4ccccc4c3)n2)cc1. The summed E-state index contributed by atoms with van der Waals surface area (Å²) < 4.78 is 0. The van der Waals surface area contributed by atoms with E-state index in [0.29, 0.717) is 17.2 Å². The minimum Gasteiger partial charge on any atom is -0.356 e. The second-order valence-corrected chi connectivity index (χ2v) is 7.84. The third-order valence-corrected chi connectivity index (χ3v) is 5.53. The summed E-state index contributed by atoms with van der Waals surface area (Å²) in [5.74, 6) is -0.192. The van der Waals surface area contributed by atoms with Crippen LogP contribution in [0.1, 0.15) is 22.8 Å². The molecule has 4 aromatic rings. The fraction of sp³-hybridized carbons (Fsp3) is 0.125. The van der Waals surface area contributed by atoms with E-state index in [9.17, 15) is 9.59 Å². The summed E-state index contributed by atoms with van der Waals surface area (Å²) in [5.41, 5.74) is 3.56. The van der Waals surface area contributed by atoms with Gasteiger partial charge in [-0.3, -0.25) is 14.9 Å². The van der Waals surface area contributed by atoms with E-state index >= 15 is 0 Å². The van der Waals surface area contributed by atoms with Crippen molar-refractivity contribution in [1.82, 2.24) is 10.3 Å². The second kappa shape index (κ2) is 8.88. The van der Waals surface area contributed by atoms with Crippen molar-refractivity contribution < 1.29 is 9.59 Å². The highest BCUT2D eigenvalue weighted by Gasteiger charge is 2.11. The summed E-state index contributed by atoms with van der Waals surface area (Å²) in [7, 11) is 0. The molecule has 0 atom stereocenters. The molecule has 0 bridgehead atoms. The number of rotatable bonds is 6. The van der Waals surface area contributed by atoms with Gasteiger partial charge in [0.1, 0.15) is 0 Å². The van der Waals surface area contributed by atoms with Gasteiger partial charge in [-0.15, -0.1) is 11.3 Å². The van der Waals surface area contributed by atoms with Crippen molar-refractivity contribution in [1.29, 1.82) is 0 Å². The molecule has 0 radical (unpaired) electrons. The van der Waals surface area contributed by atoms with E-state index in [2.05, 4.69) is 15.6 Å². The zero-order valence-electron chi connectivity index (χ0n) is 16.5. The molecule has 3 aromatic carbocycles. The molecule has 0 fully saturated rings. The number of hydrogen-bond donors (Lipinski definition) is 2. The number of aromatic nitrogens is 1. The third kappa shape index (κ3) is 4.72. The van der Waals surface area contributed by atoms with Crippen LogP contribution in [0.25, 0.3) is 22.0 Å². The predicted octanol–water partition coefficient (Wildman–Crippen LogP) is 4.89. The fourth-order valence-electron chi connectivity index (χ4n) is 3.19. The van der Waals surface area contributed by atoms with Gasteiger partial charge >= 0.3 is 0 Å². The molecular formula is C24H21N3O2S. The van der Waals surface area contributed by atoms with Gasteiger partial charge in [-0.2, -0.15) is 0 Å². The lowest BCUT2D eigenvalue weighted by atomic mass is 10.1. The minimum absolute atomic E-state index is 0.0210. The van der Waals surface area contributed by atoms with Gasteiger partial charge in [-0.05, 0) is 34.9 Å². The van der Waals surface area contributed by atoms with Crippen LogP contribution in [0.5, 0.6) is 0 Å². The van der Waals surface area contributed by atoms with Gasteiger partial charge in [0.2, 0.25) is 5.91 Å². The van der Waals surface area contributed by atoms with E-state index in [1.165, 1.54) is 18.3 Å². The van der Waals surface area contributed by atoms with Gasteiger partial charge in [0.15, 0.2) is 5.13 Å². The first-order chi connectivity index (χ1) is 14.6. The van der Waals surface area contributed by atoms with Crippen LogP contribution in [0.15, 0.2) is 72.1 Å². The van der Waals surface area contributed by atoms with Crippen molar-refractivity contribution >= 4 is 39.1 Å². The van der Waals surface area contributed by atoms with E-state index in [1.807, 2.05) is 72.1 Å². The first-order valence-corrected chi connectivity index (χ1v) is 10.6. The smallest absolute Gasteiger partial charge is 0.257 e. The third-order valence-electron chi connectivity index (χ3n) is 4.77. The number of nitrogens with one attached hydrogen (secondary N) is 2. The predicted molar refractivity (Wildman–Crippen MR) is 122 cm³/mol. The van der Waals surface area contributed by atoms with Crippen LogP contribution in [0.4, 0.5) is 5.13 Å². The fourth-order valence-corrected chi connectivity index (χ4v) is 3.90. The Balaban J connectivity index is 1.42. The first kappa shape index (κ1) is 19.8. The maximum Gasteiger partial charge on any atom is 0.257 e. The molecule has 30 heavy (non-hydrogen) atoms. The lowest BCUT2D eigenvalue weighted by Gasteiger charge is -2.04. The summed E-state index contributed by atoms with van der Waals surface area (Å²) in [6.45, 7) is 2.14. The average Bonchev–Trinajstić information content (AvgIpc) is 3.22. The lowest BCUT2D eigenvalue weighted by Crippen LogP contribution is -2.22. The molecule has 0 saturated heterocycles. The molecule has 1 heterocycles. The summed E-state index contributed by atoms with van der Waals surface area (Å²) in [6, 6.07) is 21.7. The highest BCUT2D eigenvalue weighted by atomic mass is 32.1. The Morgan fingerprint density at radius 2 is 1.73 bits per heavy atom. The molecule has 6 heteroatoms. The van der Waals surface area contributed by atoms with Crippen LogP contribution in [-0.4, -0.2) is 23.3 Å². The van der Waals surface area contributed by atoms with Crippen LogP contribution in [-0.2, 0) is 11.2 Å². The molecule has 0 aliphatic carbocycles. The van der Waals surface area contributed by atoms with Gasteiger partial charge < -0.3 is 5.32 Å². The van der Waals surface area contributed by atoms with Gasteiger partial charge in [0, 0.05) is 30.0 Å². The van der Waals surface area contributed by atoms with E-state index in [1.54, 1.807) is 0 Å². The highest BCUT2D eigenvalue weighted by molar-refractivity contribution is 7.14. The van der Waals surface area contributed by atoms with Crippen LogP contribution in [0.3, 0.4) is 0 Å². The Labute approximate surface area is 178 Å². The topological polar surface area (TPSA) is 71.1 Å². The number of fused-ring (bicyclic) bond motifs is 1. The number of thiazole rings is 1. The molecule has 2 N–H and O–H groups in total. The van der Waals surface area contributed by atoms with Gasteiger partial charge in [-0.1, -0.05) is 54.6 Å². The zero-order chi connectivity index (χ0) is 20.9. The highest BCUT2D eigenvalue weighted by Crippen LogP contribution is 2.26. The summed E-state index contributed by atoms with van der Waals surface area (Å²) >= 11 is 1.40.